The number of hydrogen-bond donors (Lipinski definition) is 2. The lowest BCUT2D eigenvalue weighted by atomic mass is 10.2. The Bertz CT molecular complexity index is 249. The molecule has 6 nitrogen and oxygen atoms in total. The summed E-state index contributed by atoms with van der Waals surface area (Å²) < 4.78 is 5.17. The van der Waals surface area contributed by atoms with Crippen LogP contribution in [0, 0.1) is 5.92 Å². The number of aliphatic carboxylic acids is 2. The van der Waals surface area contributed by atoms with E-state index in [9.17, 15) is 9.59 Å². The molecule has 0 bridgehead atoms. The number of hydrogen-bond acceptors (Lipinski definition) is 4. The first-order valence-corrected chi connectivity index (χ1v) is 6.18. The largest absolute Gasteiger partial charge is 0.481 e. The third-order valence-electron chi connectivity index (χ3n) is 2.46. The van der Waals surface area contributed by atoms with E-state index in [2.05, 4.69) is 4.90 Å². The number of carboxylic acids is 2. The van der Waals surface area contributed by atoms with Gasteiger partial charge in [0.15, 0.2) is 0 Å². The lowest BCUT2D eigenvalue weighted by Crippen LogP contribution is -2.36. The Morgan fingerprint density at radius 3 is 2.11 bits per heavy atom. The van der Waals surface area contributed by atoms with Gasteiger partial charge in [0.2, 0.25) is 0 Å². The van der Waals surface area contributed by atoms with E-state index < -0.39 is 11.9 Å². The Hall–Kier alpha value is -1.14. The molecular weight excluding hydrogens is 238 g/mol. The van der Waals surface area contributed by atoms with Crippen LogP contribution in [-0.2, 0) is 14.3 Å². The van der Waals surface area contributed by atoms with E-state index in [0.717, 1.165) is 39.3 Å². The van der Waals surface area contributed by atoms with Crippen LogP contribution in [0.5, 0.6) is 0 Å². The molecule has 0 aromatic heterocycles. The predicted molar refractivity (Wildman–Crippen MR) is 66.6 cm³/mol. The molecule has 0 aromatic carbocycles. The minimum absolute atomic E-state index is 0.231. The average molecular weight is 261 g/mol. The molecule has 1 aliphatic heterocycles. The van der Waals surface area contributed by atoms with Crippen LogP contribution < -0.4 is 0 Å². The van der Waals surface area contributed by atoms with E-state index in [0.29, 0.717) is 0 Å². The lowest BCUT2D eigenvalue weighted by Gasteiger charge is -2.26. The summed E-state index contributed by atoms with van der Waals surface area (Å²) in [6.45, 7) is 7.62. The second-order valence-corrected chi connectivity index (χ2v) is 4.44. The first-order chi connectivity index (χ1) is 8.43. The van der Waals surface area contributed by atoms with Gasteiger partial charge in [-0.25, -0.2) is 0 Å². The van der Waals surface area contributed by atoms with Gasteiger partial charge in [0.25, 0.3) is 0 Å². The van der Waals surface area contributed by atoms with Crippen molar-refractivity contribution in [1.29, 1.82) is 0 Å². The summed E-state index contributed by atoms with van der Waals surface area (Å²) in [5.74, 6) is -1.68. The van der Waals surface area contributed by atoms with E-state index in [1.165, 1.54) is 0 Å². The average Bonchev–Trinajstić information content (AvgIpc) is 2.30. The summed E-state index contributed by atoms with van der Waals surface area (Å²) in [7, 11) is 0. The molecule has 0 unspecified atom stereocenters. The van der Waals surface area contributed by atoms with Crippen molar-refractivity contribution in [3.8, 4) is 0 Å². The van der Waals surface area contributed by atoms with Gasteiger partial charge >= 0.3 is 11.9 Å². The van der Waals surface area contributed by atoms with Crippen molar-refractivity contribution in [2.45, 2.75) is 26.7 Å². The Morgan fingerprint density at radius 1 is 1.22 bits per heavy atom. The van der Waals surface area contributed by atoms with Gasteiger partial charge in [-0.05, 0) is 13.0 Å². The quantitative estimate of drug-likeness (QED) is 0.765. The fourth-order valence-electron chi connectivity index (χ4n) is 1.28. The van der Waals surface area contributed by atoms with Crippen molar-refractivity contribution in [3.63, 3.8) is 0 Å². The van der Waals surface area contributed by atoms with E-state index >= 15 is 0 Å². The molecular formula is C12H23NO5. The third kappa shape index (κ3) is 10.0. The Balaban J connectivity index is 0.000000411. The Kier molecular flexibility index (Phi) is 9.22. The van der Waals surface area contributed by atoms with Gasteiger partial charge in [0.05, 0.1) is 19.1 Å². The highest BCUT2D eigenvalue weighted by atomic mass is 16.5. The van der Waals surface area contributed by atoms with E-state index in [-0.39, 0.29) is 12.3 Å². The highest BCUT2D eigenvalue weighted by molar-refractivity contribution is 5.68. The molecule has 0 spiro atoms. The van der Waals surface area contributed by atoms with Crippen LogP contribution in [0.4, 0.5) is 0 Å². The first-order valence-electron chi connectivity index (χ1n) is 6.18. The third-order valence-corrected chi connectivity index (χ3v) is 2.46. The number of carboxylic acid groups (broad SMARTS) is 2. The molecule has 0 saturated carbocycles. The molecule has 6 heteroatoms. The highest BCUT2D eigenvalue weighted by Gasteiger charge is 2.09. The monoisotopic (exact) mass is 261 g/mol. The van der Waals surface area contributed by atoms with Crippen molar-refractivity contribution in [2.75, 3.05) is 32.8 Å². The van der Waals surface area contributed by atoms with Gasteiger partial charge in [-0.15, -0.1) is 0 Å². The number of rotatable bonds is 5. The number of nitrogens with zero attached hydrogens (tertiary/aromatic N) is 1. The molecule has 0 amide bonds. The summed E-state index contributed by atoms with van der Waals surface area (Å²) in [6, 6.07) is 0. The van der Waals surface area contributed by atoms with Crippen LogP contribution in [0.2, 0.25) is 0 Å². The summed E-state index contributed by atoms with van der Waals surface area (Å²) in [6.07, 6.45) is 1.02. The van der Waals surface area contributed by atoms with Gasteiger partial charge in [0.1, 0.15) is 0 Å². The van der Waals surface area contributed by atoms with E-state index in [1.54, 1.807) is 13.8 Å². The molecule has 106 valence electrons. The standard InChI is InChI=1S/C8H15NO3.C4H8O2/c10-8(11)2-1-3-9-4-6-12-7-5-9;1-3(2)4(5)6/h1-7H2,(H,10,11);3H,1-2H3,(H,5,6). The number of ether oxygens (including phenoxy) is 1. The fraction of sp³-hybridized carbons (Fsp3) is 0.833. The molecule has 1 rings (SSSR count). The molecule has 0 atom stereocenters. The number of morpholine rings is 1. The predicted octanol–water partition coefficient (Wildman–Crippen LogP) is 0.910. The smallest absolute Gasteiger partial charge is 0.305 e. The topological polar surface area (TPSA) is 87.1 Å². The van der Waals surface area contributed by atoms with Crippen LogP contribution in [0.1, 0.15) is 26.7 Å². The fourth-order valence-corrected chi connectivity index (χ4v) is 1.28. The van der Waals surface area contributed by atoms with Crippen molar-refractivity contribution < 1.29 is 24.5 Å². The number of carbonyl (C=O) groups is 2. The zero-order valence-corrected chi connectivity index (χ0v) is 11.1. The van der Waals surface area contributed by atoms with Gasteiger partial charge in [0, 0.05) is 19.5 Å². The van der Waals surface area contributed by atoms with E-state index in [1.807, 2.05) is 0 Å². The molecule has 1 aliphatic rings. The molecule has 1 saturated heterocycles. The lowest BCUT2D eigenvalue weighted by molar-refractivity contribution is -0.140. The maximum absolute atomic E-state index is 10.2. The summed E-state index contributed by atoms with van der Waals surface area (Å²) in [5.41, 5.74) is 0. The van der Waals surface area contributed by atoms with Crippen molar-refractivity contribution in [2.24, 2.45) is 5.92 Å². The molecule has 0 aromatic rings. The minimum Gasteiger partial charge on any atom is -0.481 e. The summed E-state index contributed by atoms with van der Waals surface area (Å²) in [4.78, 5) is 22.1. The second-order valence-electron chi connectivity index (χ2n) is 4.44. The van der Waals surface area contributed by atoms with Crippen LogP contribution in [-0.4, -0.2) is 59.9 Å². The molecule has 1 fully saturated rings. The molecule has 2 N–H and O–H groups in total. The summed E-state index contributed by atoms with van der Waals surface area (Å²) in [5, 5.41) is 16.4. The van der Waals surface area contributed by atoms with Gasteiger partial charge < -0.3 is 14.9 Å². The maximum Gasteiger partial charge on any atom is 0.305 e. The van der Waals surface area contributed by atoms with Crippen molar-refractivity contribution >= 4 is 11.9 Å². The first kappa shape index (κ1) is 16.9. The molecule has 18 heavy (non-hydrogen) atoms. The molecule has 0 aliphatic carbocycles. The van der Waals surface area contributed by atoms with Crippen LogP contribution in [0.15, 0.2) is 0 Å². The maximum atomic E-state index is 10.2. The van der Waals surface area contributed by atoms with Crippen molar-refractivity contribution in [3.05, 3.63) is 0 Å². The molecule has 1 heterocycles. The van der Waals surface area contributed by atoms with E-state index in [4.69, 9.17) is 14.9 Å². The highest BCUT2D eigenvalue weighted by Crippen LogP contribution is 1.99. The van der Waals surface area contributed by atoms with Crippen LogP contribution in [0.25, 0.3) is 0 Å². The Morgan fingerprint density at radius 2 is 1.72 bits per heavy atom. The van der Waals surface area contributed by atoms with Gasteiger partial charge in [-0.1, -0.05) is 13.8 Å². The van der Waals surface area contributed by atoms with Crippen LogP contribution >= 0.6 is 0 Å². The zero-order chi connectivity index (χ0) is 14.0. The van der Waals surface area contributed by atoms with Crippen molar-refractivity contribution in [1.82, 2.24) is 4.90 Å². The normalized spacial score (nSPS) is 15.9. The summed E-state index contributed by atoms with van der Waals surface area (Å²) >= 11 is 0. The minimum atomic E-state index is -0.741. The van der Waals surface area contributed by atoms with Gasteiger partial charge in [-0.3, -0.25) is 14.5 Å². The van der Waals surface area contributed by atoms with Gasteiger partial charge in [-0.2, -0.15) is 0 Å². The Labute approximate surface area is 108 Å². The zero-order valence-electron chi connectivity index (χ0n) is 11.1. The SMILES string of the molecule is CC(C)C(=O)O.O=C(O)CCCN1CCOCC1. The molecule has 0 radical (unpaired) electrons. The second kappa shape index (κ2) is 9.85. The van der Waals surface area contributed by atoms with Crippen LogP contribution in [0.3, 0.4) is 0 Å².